The molecule has 1 aliphatic heterocycles. The molecule has 3 rings (SSSR count). The van der Waals surface area contributed by atoms with Crippen molar-refractivity contribution in [2.75, 3.05) is 13.1 Å². The molecule has 0 bridgehead atoms. The zero-order chi connectivity index (χ0) is 14.0. The Balaban J connectivity index is 1.76. The van der Waals surface area contributed by atoms with Crippen molar-refractivity contribution in [3.05, 3.63) is 34.3 Å². The Kier molecular flexibility index (Phi) is 4.49. The SMILES string of the molecule is CCC1CNC2(CCCC2)CN1Cc1ccccc1Br. The lowest BCUT2D eigenvalue weighted by atomic mass is 9.91. The third-order valence-corrected chi connectivity index (χ3v) is 5.87. The molecule has 1 aliphatic carbocycles. The number of hydrogen-bond donors (Lipinski definition) is 1. The minimum absolute atomic E-state index is 0.410. The van der Waals surface area contributed by atoms with E-state index in [1.807, 2.05) is 0 Å². The molecule has 1 aromatic carbocycles. The molecule has 0 amide bonds. The van der Waals surface area contributed by atoms with Gasteiger partial charge in [-0.1, -0.05) is 53.9 Å². The zero-order valence-electron chi connectivity index (χ0n) is 12.4. The number of nitrogens with zero attached hydrogens (tertiary/aromatic N) is 1. The maximum Gasteiger partial charge on any atom is 0.0309 e. The minimum atomic E-state index is 0.410. The summed E-state index contributed by atoms with van der Waals surface area (Å²) in [6, 6.07) is 9.33. The van der Waals surface area contributed by atoms with Crippen molar-refractivity contribution in [2.45, 2.75) is 57.2 Å². The zero-order valence-corrected chi connectivity index (χ0v) is 14.0. The maximum absolute atomic E-state index is 3.87. The maximum atomic E-state index is 3.87. The van der Waals surface area contributed by atoms with Gasteiger partial charge in [-0.2, -0.15) is 0 Å². The van der Waals surface area contributed by atoms with Crippen LogP contribution in [0, 0.1) is 0 Å². The second-order valence-electron chi connectivity index (χ2n) is 6.43. The average Bonchev–Trinajstić information content (AvgIpc) is 2.90. The molecule has 110 valence electrons. The second kappa shape index (κ2) is 6.17. The Bertz CT molecular complexity index is 454. The van der Waals surface area contributed by atoms with Crippen LogP contribution in [-0.2, 0) is 6.54 Å². The summed E-state index contributed by atoms with van der Waals surface area (Å²) in [6.45, 7) is 5.75. The average molecular weight is 337 g/mol. The fourth-order valence-electron chi connectivity index (χ4n) is 3.86. The van der Waals surface area contributed by atoms with E-state index in [-0.39, 0.29) is 0 Å². The predicted octanol–water partition coefficient (Wildman–Crippen LogP) is 3.95. The second-order valence-corrected chi connectivity index (χ2v) is 7.28. The molecule has 1 saturated heterocycles. The summed E-state index contributed by atoms with van der Waals surface area (Å²) >= 11 is 3.70. The van der Waals surface area contributed by atoms with Crippen LogP contribution in [0.3, 0.4) is 0 Å². The molecule has 0 aromatic heterocycles. The molecule has 0 radical (unpaired) electrons. The summed E-state index contributed by atoms with van der Waals surface area (Å²) < 4.78 is 1.24. The molecule has 2 aliphatic rings. The van der Waals surface area contributed by atoms with Crippen LogP contribution in [0.5, 0.6) is 0 Å². The van der Waals surface area contributed by atoms with E-state index in [1.165, 1.54) is 48.7 Å². The molecular weight excluding hydrogens is 312 g/mol. The van der Waals surface area contributed by atoms with Crippen LogP contribution >= 0.6 is 15.9 Å². The molecular formula is C17H25BrN2. The highest BCUT2D eigenvalue weighted by molar-refractivity contribution is 9.10. The van der Waals surface area contributed by atoms with Gasteiger partial charge in [-0.05, 0) is 30.9 Å². The lowest BCUT2D eigenvalue weighted by molar-refractivity contribution is 0.0716. The van der Waals surface area contributed by atoms with Crippen molar-refractivity contribution in [2.24, 2.45) is 0 Å². The Hall–Kier alpha value is -0.380. The smallest absolute Gasteiger partial charge is 0.0309 e. The van der Waals surface area contributed by atoms with E-state index in [4.69, 9.17) is 0 Å². The standard InChI is InChI=1S/C17H25BrN2/c1-2-15-11-19-17(9-5-6-10-17)13-20(15)12-14-7-3-4-8-16(14)18/h3-4,7-8,15,19H,2,5-6,9-13H2,1H3. The molecule has 3 heteroatoms. The third kappa shape index (κ3) is 2.95. The third-order valence-electron chi connectivity index (χ3n) is 5.10. The van der Waals surface area contributed by atoms with Crippen LogP contribution in [0.2, 0.25) is 0 Å². The first-order valence-corrected chi connectivity index (χ1v) is 8.74. The van der Waals surface area contributed by atoms with Gasteiger partial charge in [-0.15, -0.1) is 0 Å². The molecule has 2 fully saturated rings. The number of benzene rings is 1. The van der Waals surface area contributed by atoms with Crippen molar-refractivity contribution in [1.29, 1.82) is 0 Å². The van der Waals surface area contributed by atoms with Crippen molar-refractivity contribution in [3.8, 4) is 0 Å². The van der Waals surface area contributed by atoms with Crippen molar-refractivity contribution >= 4 is 15.9 Å². The highest BCUT2D eigenvalue weighted by atomic mass is 79.9. The molecule has 2 nitrogen and oxygen atoms in total. The summed E-state index contributed by atoms with van der Waals surface area (Å²) in [4.78, 5) is 2.71. The van der Waals surface area contributed by atoms with Crippen molar-refractivity contribution < 1.29 is 0 Å². The summed E-state index contributed by atoms with van der Waals surface area (Å²) in [5, 5.41) is 3.87. The van der Waals surface area contributed by atoms with Crippen LogP contribution < -0.4 is 5.32 Å². The minimum Gasteiger partial charge on any atom is -0.308 e. The molecule has 1 aromatic rings. The number of halogens is 1. The number of hydrogen-bond acceptors (Lipinski definition) is 2. The number of rotatable bonds is 3. The summed E-state index contributed by atoms with van der Waals surface area (Å²) in [5.74, 6) is 0. The summed E-state index contributed by atoms with van der Waals surface area (Å²) in [7, 11) is 0. The lowest BCUT2D eigenvalue weighted by Crippen LogP contribution is -2.62. The Morgan fingerprint density at radius 1 is 1.30 bits per heavy atom. The topological polar surface area (TPSA) is 15.3 Å². The van der Waals surface area contributed by atoms with Crippen LogP contribution in [0.4, 0.5) is 0 Å². The van der Waals surface area contributed by atoms with E-state index in [0.29, 0.717) is 11.6 Å². The first-order valence-electron chi connectivity index (χ1n) is 7.95. The van der Waals surface area contributed by atoms with Gasteiger partial charge in [-0.25, -0.2) is 0 Å². The van der Waals surface area contributed by atoms with Crippen LogP contribution in [0.1, 0.15) is 44.6 Å². The summed E-state index contributed by atoms with van der Waals surface area (Å²) in [5.41, 5.74) is 1.83. The fourth-order valence-corrected chi connectivity index (χ4v) is 4.27. The molecule has 1 spiro atoms. The largest absolute Gasteiger partial charge is 0.308 e. The number of piperazine rings is 1. The lowest BCUT2D eigenvalue weighted by Gasteiger charge is -2.46. The van der Waals surface area contributed by atoms with Gasteiger partial charge in [0.15, 0.2) is 0 Å². The van der Waals surface area contributed by atoms with E-state index in [0.717, 1.165) is 13.1 Å². The van der Waals surface area contributed by atoms with Gasteiger partial charge in [0.05, 0.1) is 0 Å². The van der Waals surface area contributed by atoms with E-state index in [1.54, 1.807) is 0 Å². The van der Waals surface area contributed by atoms with E-state index in [2.05, 4.69) is 57.3 Å². The number of nitrogens with one attached hydrogen (secondary N) is 1. The molecule has 1 atom stereocenters. The molecule has 1 unspecified atom stereocenters. The molecule has 1 saturated carbocycles. The van der Waals surface area contributed by atoms with Crippen LogP contribution in [-0.4, -0.2) is 29.6 Å². The highest BCUT2D eigenvalue weighted by Gasteiger charge is 2.40. The quantitative estimate of drug-likeness (QED) is 0.899. The van der Waals surface area contributed by atoms with Crippen molar-refractivity contribution in [3.63, 3.8) is 0 Å². The Morgan fingerprint density at radius 3 is 2.75 bits per heavy atom. The first kappa shape index (κ1) is 14.6. The van der Waals surface area contributed by atoms with E-state index < -0.39 is 0 Å². The molecule has 1 N–H and O–H groups in total. The van der Waals surface area contributed by atoms with Gasteiger partial charge >= 0.3 is 0 Å². The molecule has 1 heterocycles. The molecule has 20 heavy (non-hydrogen) atoms. The van der Waals surface area contributed by atoms with Gasteiger partial charge in [-0.3, -0.25) is 4.90 Å². The van der Waals surface area contributed by atoms with Crippen LogP contribution in [0.15, 0.2) is 28.7 Å². The van der Waals surface area contributed by atoms with Gasteiger partial charge < -0.3 is 5.32 Å². The first-order chi connectivity index (χ1) is 9.72. The van der Waals surface area contributed by atoms with E-state index in [9.17, 15) is 0 Å². The Labute approximate surface area is 131 Å². The van der Waals surface area contributed by atoms with E-state index >= 15 is 0 Å². The summed E-state index contributed by atoms with van der Waals surface area (Å²) in [6.07, 6.45) is 6.73. The predicted molar refractivity (Wildman–Crippen MR) is 87.8 cm³/mol. The van der Waals surface area contributed by atoms with Gasteiger partial charge in [0.2, 0.25) is 0 Å². The van der Waals surface area contributed by atoms with Crippen LogP contribution in [0.25, 0.3) is 0 Å². The van der Waals surface area contributed by atoms with Gasteiger partial charge in [0, 0.05) is 35.7 Å². The monoisotopic (exact) mass is 336 g/mol. The Morgan fingerprint density at radius 2 is 2.05 bits per heavy atom. The van der Waals surface area contributed by atoms with Gasteiger partial charge in [0.1, 0.15) is 0 Å². The van der Waals surface area contributed by atoms with Crippen molar-refractivity contribution in [1.82, 2.24) is 10.2 Å². The highest BCUT2D eigenvalue weighted by Crippen LogP contribution is 2.34. The van der Waals surface area contributed by atoms with Gasteiger partial charge in [0.25, 0.3) is 0 Å². The fraction of sp³-hybridized carbons (Fsp3) is 0.647. The normalized spacial score (nSPS) is 26.2.